The SMILES string of the molecule is O=C(O)C(C=Nc1ccc(F)cc1)=C(O)c1cc(F)c(Cl)cc1Cl. The standard InChI is InChI=1S/C16H9Cl2F2NO3/c17-12-6-13(18)14(20)5-10(12)15(22)11(16(23)24)7-21-9-3-1-8(19)2-4-9/h1-7,22H,(H,23,24). The number of aliphatic hydroxyl groups excluding tert-OH is 1. The predicted octanol–water partition coefficient (Wildman–Crippen LogP) is 5.03. The van der Waals surface area contributed by atoms with E-state index < -0.39 is 28.9 Å². The van der Waals surface area contributed by atoms with Crippen LogP contribution in [0.5, 0.6) is 0 Å². The molecule has 2 rings (SSSR count). The zero-order valence-corrected chi connectivity index (χ0v) is 13.3. The fourth-order valence-electron chi connectivity index (χ4n) is 1.73. The Bertz CT molecular complexity index is 849. The van der Waals surface area contributed by atoms with Gasteiger partial charge in [-0.05, 0) is 36.4 Å². The van der Waals surface area contributed by atoms with Crippen molar-refractivity contribution in [2.75, 3.05) is 0 Å². The molecule has 0 saturated carbocycles. The number of rotatable bonds is 4. The second-order valence-corrected chi connectivity index (χ2v) is 5.36. The highest BCUT2D eigenvalue weighted by Crippen LogP contribution is 2.29. The molecule has 0 radical (unpaired) electrons. The van der Waals surface area contributed by atoms with Crippen molar-refractivity contribution in [1.82, 2.24) is 0 Å². The summed E-state index contributed by atoms with van der Waals surface area (Å²) in [7, 11) is 0. The van der Waals surface area contributed by atoms with Gasteiger partial charge in [-0.1, -0.05) is 23.2 Å². The van der Waals surface area contributed by atoms with Crippen LogP contribution in [-0.2, 0) is 4.79 Å². The molecule has 2 aromatic rings. The van der Waals surface area contributed by atoms with Gasteiger partial charge in [-0.15, -0.1) is 0 Å². The largest absolute Gasteiger partial charge is 0.506 e. The summed E-state index contributed by atoms with van der Waals surface area (Å²) in [5.74, 6) is -3.64. The lowest BCUT2D eigenvalue weighted by molar-refractivity contribution is -0.132. The summed E-state index contributed by atoms with van der Waals surface area (Å²) in [6, 6.07) is 6.77. The van der Waals surface area contributed by atoms with Gasteiger partial charge < -0.3 is 10.2 Å². The van der Waals surface area contributed by atoms with Crippen molar-refractivity contribution >= 4 is 46.8 Å². The maximum atomic E-state index is 13.5. The van der Waals surface area contributed by atoms with Gasteiger partial charge in [-0.3, -0.25) is 4.99 Å². The minimum absolute atomic E-state index is 0.132. The number of halogens is 4. The first-order chi connectivity index (χ1) is 11.3. The molecule has 2 aromatic carbocycles. The Balaban J connectivity index is 2.48. The van der Waals surface area contributed by atoms with Crippen LogP contribution >= 0.6 is 23.2 Å². The molecule has 0 aliphatic carbocycles. The van der Waals surface area contributed by atoms with Gasteiger partial charge in [0.15, 0.2) is 0 Å². The number of aliphatic imine (C=N–C) groups is 1. The molecule has 24 heavy (non-hydrogen) atoms. The van der Waals surface area contributed by atoms with Gasteiger partial charge in [0.1, 0.15) is 23.0 Å². The molecule has 0 atom stereocenters. The van der Waals surface area contributed by atoms with Crippen molar-refractivity contribution < 1.29 is 23.8 Å². The third-order valence-electron chi connectivity index (χ3n) is 2.92. The molecule has 0 aliphatic rings. The zero-order chi connectivity index (χ0) is 17.9. The summed E-state index contributed by atoms with van der Waals surface area (Å²) in [5.41, 5.74) is -0.610. The van der Waals surface area contributed by atoms with Crippen molar-refractivity contribution in [2.24, 2.45) is 4.99 Å². The van der Waals surface area contributed by atoms with E-state index in [0.717, 1.165) is 30.5 Å². The van der Waals surface area contributed by atoms with Crippen molar-refractivity contribution in [1.29, 1.82) is 0 Å². The van der Waals surface area contributed by atoms with E-state index in [9.17, 15) is 23.8 Å². The van der Waals surface area contributed by atoms with Gasteiger partial charge >= 0.3 is 5.97 Å². The molecular formula is C16H9Cl2F2NO3. The fraction of sp³-hybridized carbons (Fsp3) is 0. The van der Waals surface area contributed by atoms with Crippen LogP contribution in [0.1, 0.15) is 5.56 Å². The van der Waals surface area contributed by atoms with Crippen LogP contribution in [0.2, 0.25) is 10.0 Å². The average Bonchev–Trinajstić information content (AvgIpc) is 2.52. The number of carboxylic acid groups (broad SMARTS) is 1. The topological polar surface area (TPSA) is 69.9 Å². The molecule has 0 saturated heterocycles. The normalized spacial score (nSPS) is 12.3. The molecule has 124 valence electrons. The van der Waals surface area contributed by atoms with Gasteiger partial charge in [0.05, 0.1) is 15.7 Å². The summed E-state index contributed by atoms with van der Waals surface area (Å²) in [4.78, 5) is 15.2. The summed E-state index contributed by atoms with van der Waals surface area (Å²) in [6.45, 7) is 0. The van der Waals surface area contributed by atoms with Gasteiger partial charge in [0.25, 0.3) is 0 Å². The smallest absolute Gasteiger partial charge is 0.341 e. The zero-order valence-electron chi connectivity index (χ0n) is 11.8. The molecule has 4 nitrogen and oxygen atoms in total. The first-order valence-corrected chi connectivity index (χ1v) is 7.16. The molecule has 0 aliphatic heterocycles. The Hall–Kier alpha value is -2.44. The number of aliphatic hydroxyl groups is 1. The van der Waals surface area contributed by atoms with E-state index in [0.29, 0.717) is 0 Å². The first-order valence-electron chi connectivity index (χ1n) is 6.40. The number of carbonyl (C=O) groups is 1. The van der Waals surface area contributed by atoms with Gasteiger partial charge in [-0.25, -0.2) is 13.6 Å². The van der Waals surface area contributed by atoms with Crippen LogP contribution in [0.15, 0.2) is 47.0 Å². The second kappa shape index (κ2) is 7.42. The lowest BCUT2D eigenvalue weighted by Crippen LogP contribution is -2.06. The number of hydrogen-bond donors (Lipinski definition) is 2. The van der Waals surface area contributed by atoms with E-state index in [2.05, 4.69) is 4.99 Å². The summed E-state index contributed by atoms with van der Waals surface area (Å²) < 4.78 is 26.4. The first kappa shape index (κ1) is 17.9. The third kappa shape index (κ3) is 4.10. The van der Waals surface area contributed by atoms with Crippen LogP contribution < -0.4 is 0 Å². The number of aliphatic carboxylic acids is 1. The lowest BCUT2D eigenvalue weighted by atomic mass is 10.1. The van der Waals surface area contributed by atoms with Crippen LogP contribution in [0.4, 0.5) is 14.5 Å². The number of hydrogen-bond acceptors (Lipinski definition) is 3. The van der Waals surface area contributed by atoms with E-state index in [-0.39, 0.29) is 21.3 Å². The van der Waals surface area contributed by atoms with Crippen molar-refractivity contribution in [2.45, 2.75) is 0 Å². The van der Waals surface area contributed by atoms with E-state index in [1.54, 1.807) is 0 Å². The van der Waals surface area contributed by atoms with Gasteiger partial charge in [0.2, 0.25) is 0 Å². The molecule has 0 fully saturated rings. The highest BCUT2D eigenvalue weighted by molar-refractivity contribution is 6.36. The number of carboxylic acids is 1. The van der Waals surface area contributed by atoms with E-state index in [4.69, 9.17) is 23.2 Å². The molecule has 0 heterocycles. The highest BCUT2D eigenvalue weighted by Gasteiger charge is 2.18. The van der Waals surface area contributed by atoms with Crippen LogP contribution in [0.25, 0.3) is 5.76 Å². The summed E-state index contributed by atoms with van der Waals surface area (Å²) in [6.07, 6.45) is 0.855. The average molecular weight is 372 g/mol. The Kier molecular flexibility index (Phi) is 5.54. The van der Waals surface area contributed by atoms with Crippen molar-refractivity contribution in [3.8, 4) is 0 Å². The monoisotopic (exact) mass is 371 g/mol. The predicted molar refractivity (Wildman–Crippen MR) is 88.2 cm³/mol. The Labute approximate surface area is 145 Å². The van der Waals surface area contributed by atoms with Crippen LogP contribution in [0.3, 0.4) is 0 Å². The quantitative estimate of drug-likeness (QED) is 0.342. The second-order valence-electron chi connectivity index (χ2n) is 4.55. The van der Waals surface area contributed by atoms with E-state index >= 15 is 0 Å². The Morgan fingerprint density at radius 1 is 1.04 bits per heavy atom. The molecule has 0 aromatic heterocycles. The molecule has 0 spiro atoms. The highest BCUT2D eigenvalue weighted by atomic mass is 35.5. The van der Waals surface area contributed by atoms with Crippen molar-refractivity contribution in [3.05, 3.63) is 69.2 Å². The summed E-state index contributed by atoms with van der Waals surface area (Å²) >= 11 is 11.4. The minimum atomic E-state index is -1.51. The lowest BCUT2D eigenvalue weighted by Gasteiger charge is -2.07. The molecule has 0 amide bonds. The Morgan fingerprint density at radius 3 is 2.25 bits per heavy atom. The van der Waals surface area contributed by atoms with Gasteiger partial charge in [0, 0.05) is 11.8 Å². The molecule has 0 bridgehead atoms. The number of nitrogens with zero attached hydrogens (tertiary/aromatic N) is 1. The fourth-order valence-corrected chi connectivity index (χ4v) is 2.21. The molecule has 2 N–H and O–H groups in total. The van der Waals surface area contributed by atoms with Crippen LogP contribution in [0, 0.1) is 11.6 Å². The van der Waals surface area contributed by atoms with E-state index in [1.165, 1.54) is 12.1 Å². The van der Waals surface area contributed by atoms with Crippen LogP contribution in [-0.4, -0.2) is 22.4 Å². The Morgan fingerprint density at radius 2 is 1.67 bits per heavy atom. The maximum absolute atomic E-state index is 13.5. The van der Waals surface area contributed by atoms with Crippen molar-refractivity contribution in [3.63, 3.8) is 0 Å². The van der Waals surface area contributed by atoms with E-state index in [1.807, 2.05) is 0 Å². The maximum Gasteiger partial charge on any atom is 0.341 e. The van der Waals surface area contributed by atoms with Gasteiger partial charge in [-0.2, -0.15) is 0 Å². The minimum Gasteiger partial charge on any atom is -0.506 e. The molecule has 8 heteroatoms. The number of benzene rings is 2. The summed E-state index contributed by atoms with van der Waals surface area (Å²) in [5, 5.41) is 18.9. The third-order valence-corrected chi connectivity index (χ3v) is 3.52. The molecule has 0 unspecified atom stereocenters. The molecular weight excluding hydrogens is 363 g/mol.